The standard InChI is InChI=1S/C15H12N4O4/c1-9-8-12(10-4-2-3-5-11(10)16-9)17-18-15(20)13-6-7-14(23-13)19(21)22/h2-8H,1H3,(H,16,17)(H,18,20). The summed E-state index contributed by atoms with van der Waals surface area (Å²) in [6.45, 7) is 1.84. The average Bonchev–Trinajstić information content (AvgIpc) is 3.02. The second-order valence-electron chi connectivity index (χ2n) is 4.80. The molecule has 2 heterocycles. The molecule has 0 atom stereocenters. The molecule has 0 fully saturated rings. The van der Waals surface area contributed by atoms with Crippen molar-refractivity contribution in [3.8, 4) is 0 Å². The molecule has 0 aliphatic rings. The van der Waals surface area contributed by atoms with Crippen LogP contribution < -0.4 is 10.9 Å². The fourth-order valence-electron chi connectivity index (χ4n) is 2.14. The molecule has 0 spiro atoms. The van der Waals surface area contributed by atoms with E-state index in [1.807, 2.05) is 31.2 Å². The van der Waals surface area contributed by atoms with Crippen LogP contribution in [0.3, 0.4) is 0 Å². The minimum Gasteiger partial charge on any atom is -0.395 e. The third-order valence-corrected chi connectivity index (χ3v) is 3.15. The van der Waals surface area contributed by atoms with Gasteiger partial charge in [-0.3, -0.25) is 30.7 Å². The number of nitrogens with one attached hydrogen (secondary N) is 2. The number of anilines is 1. The molecule has 0 radical (unpaired) electrons. The molecule has 2 N–H and O–H groups in total. The number of rotatable bonds is 4. The number of para-hydroxylation sites is 1. The number of carbonyl (C=O) groups excluding carboxylic acids is 1. The van der Waals surface area contributed by atoms with Crippen LogP contribution in [0.5, 0.6) is 0 Å². The summed E-state index contributed by atoms with van der Waals surface area (Å²) >= 11 is 0. The first-order chi connectivity index (χ1) is 11.0. The minimum absolute atomic E-state index is 0.153. The highest BCUT2D eigenvalue weighted by Crippen LogP contribution is 2.22. The van der Waals surface area contributed by atoms with Crippen LogP contribution in [0.25, 0.3) is 10.9 Å². The molecule has 116 valence electrons. The third-order valence-electron chi connectivity index (χ3n) is 3.15. The zero-order valence-corrected chi connectivity index (χ0v) is 12.1. The first kappa shape index (κ1) is 14.5. The molecule has 0 aliphatic carbocycles. The number of fused-ring (bicyclic) bond motifs is 1. The van der Waals surface area contributed by atoms with E-state index in [1.165, 1.54) is 6.07 Å². The van der Waals surface area contributed by atoms with Gasteiger partial charge in [-0.2, -0.15) is 0 Å². The van der Waals surface area contributed by atoms with Crippen molar-refractivity contribution >= 4 is 28.4 Å². The molecule has 23 heavy (non-hydrogen) atoms. The van der Waals surface area contributed by atoms with Crippen molar-refractivity contribution in [1.82, 2.24) is 10.4 Å². The second-order valence-corrected chi connectivity index (χ2v) is 4.80. The topological polar surface area (TPSA) is 110 Å². The first-order valence-corrected chi connectivity index (χ1v) is 6.71. The molecular formula is C15H12N4O4. The lowest BCUT2D eigenvalue weighted by Gasteiger charge is -2.11. The number of hydrogen-bond donors (Lipinski definition) is 2. The molecule has 8 nitrogen and oxygen atoms in total. The Morgan fingerprint density at radius 1 is 1.26 bits per heavy atom. The van der Waals surface area contributed by atoms with Gasteiger partial charge >= 0.3 is 11.8 Å². The van der Waals surface area contributed by atoms with E-state index in [0.717, 1.165) is 22.7 Å². The Bertz CT molecular complexity index is 903. The van der Waals surface area contributed by atoms with E-state index in [9.17, 15) is 14.9 Å². The predicted molar refractivity (Wildman–Crippen MR) is 82.9 cm³/mol. The van der Waals surface area contributed by atoms with Gasteiger partial charge in [-0.1, -0.05) is 18.2 Å². The third kappa shape index (κ3) is 2.95. The van der Waals surface area contributed by atoms with Crippen molar-refractivity contribution in [2.75, 3.05) is 5.43 Å². The summed E-state index contributed by atoms with van der Waals surface area (Å²) in [5, 5.41) is 11.4. The Hall–Kier alpha value is -3.42. The van der Waals surface area contributed by atoms with Gasteiger partial charge in [-0.05, 0) is 25.1 Å². The number of furan rings is 1. The summed E-state index contributed by atoms with van der Waals surface area (Å²) in [5.74, 6) is -1.25. The summed E-state index contributed by atoms with van der Waals surface area (Å²) in [7, 11) is 0. The Balaban J connectivity index is 1.80. The van der Waals surface area contributed by atoms with E-state index in [2.05, 4.69) is 15.8 Å². The van der Waals surface area contributed by atoms with Crippen molar-refractivity contribution in [3.63, 3.8) is 0 Å². The molecule has 1 aromatic carbocycles. The van der Waals surface area contributed by atoms with Gasteiger partial charge in [-0.25, -0.2) is 0 Å². The quantitative estimate of drug-likeness (QED) is 0.566. The highest BCUT2D eigenvalue weighted by Gasteiger charge is 2.17. The van der Waals surface area contributed by atoms with E-state index in [0.29, 0.717) is 5.69 Å². The van der Waals surface area contributed by atoms with Gasteiger partial charge in [0.05, 0.1) is 17.3 Å². The molecule has 0 saturated heterocycles. The number of benzene rings is 1. The van der Waals surface area contributed by atoms with Crippen LogP contribution in [0.2, 0.25) is 0 Å². The Morgan fingerprint density at radius 2 is 2.04 bits per heavy atom. The van der Waals surface area contributed by atoms with Crippen LogP contribution in [-0.4, -0.2) is 15.8 Å². The largest absolute Gasteiger partial charge is 0.433 e. The molecule has 3 aromatic rings. The second kappa shape index (κ2) is 5.76. The zero-order valence-electron chi connectivity index (χ0n) is 12.1. The maximum absolute atomic E-state index is 12.0. The highest BCUT2D eigenvalue weighted by atomic mass is 16.6. The summed E-state index contributed by atoms with van der Waals surface area (Å²) < 4.78 is 4.84. The van der Waals surface area contributed by atoms with E-state index < -0.39 is 16.7 Å². The SMILES string of the molecule is Cc1cc(NNC(=O)c2ccc([N+](=O)[O-])o2)c2ccccc2n1. The molecule has 2 aromatic heterocycles. The number of pyridine rings is 1. The Morgan fingerprint density at radius 3 is 2.78 bits per heavy atom. The molecule has 0 aliphatic heterocycles. The fourth-order valence-corrected chi connectivity index (χ4v) is 2.14. The lowest BCUT2D eigenvalue weighted by atomic mass is 10.1. The van der Waals surface area contributed by atoms with Crippen LogP contribution in [0.1, 0.15) is 16.2 Å². The molecule has 1 amide bonds. The van der Waals surface area contributed by atoms with Gasteiger partial charge in [-0.15, -0.1) is 0 Å². The lowest BCUT2D eigenvalue weighted by molar-refractivity contribution is -0.402. The molecule has 0 unspecified atom stereocenters. The Kier molecular flexibility index (Phi) is 3.63. The average molecular weight is 312 g/mol. The van der Waals surface area contributed by atoms with Crippen LogP contribution in [0.4, 0.5) is 11.6 Å². The van der Waals surface area contributed by atoms with Crippen molar-refractivity contribution in [3.05, 3.63) is 64.0 Å². The van der Waals surface area contributed by atoms with E-state index in [4.69, 9.17) is 4.42 Å². The zero-order chi connectivity index (χ0) is 16.4. The number of carbonyl (C=O) groups is 1. The number of amides is 1. The maximum Gasteiger partial charge on any atom is 0.433 e. The first-order valence-electron chi connectivity index (χ1n) is 6.71. The van der Waals surface area contributed by atoms with Crippen molar-refractivity contribution < 1.29 is 14.1 Å². The van der Waals surface area contributed by atoms with Crippen molar-refractivity contribution in [2.24, 2.45) is 0 Å². The highest BCUT2D eigenvalue weighted by molar-refractivity contribution is 5.95. The number of aromatic nitrogens is 1. The van der Waals surface area contributed by atoms with E-state index >= 15 is 0 Å². The summed E-state index contributed by atoms with van der Waals surface area (Å²) in [5.41, 5.74) is 7.49. The molecular weight excluding hydrogens is 300 g/mol. The number of hydrazine groups is 1. The Labute approximate surface area is 130 Å². The normalized spacial score (nSPS) is 10.5. The molecule has 0 saturated carbocycles. The van der Waals surface area contributed by atoms with Crippen LogP contribution in [0, 0.1) is 17.0 Å². The number of nitrogens with zero attached hydrogens (tertiary/aromatic N) is 2. The van der Waals surface area contributed by atoms with Crippen LogP contribution in [0.15, 0.2) is 46.9 Å². The predicted octanol–water partition coefficient (Wildman–Crippen LogP) is 2.80. The van der Waals surface area contributed by atoms with E-state index in [-0.39, 0.29) is 5.76 Å². The van der Waals surface area contributed by atoms with Gasteiger partial charge in [0.2, 0.25) is 5.76 Å². The monoisotopic (exact) mass is 312 g/mol. The number of aryl methyl sites for hydroxylation is 1. The van der Waals surface area contributed by atoms with E-state index in [1.54, 1.807) is 6.07 Å². The van der Waals surface area contributed by atoms with Gasteiger partial charge in [0, 0.05) is 11.1 Å². The van der Waals surface area contributed by atoms with Gasteiger partial charge < -0.3 is 4.42 Å². The fraction of sp³-hybridized carbons (Fsp3) is 0.0667. The maximum atomic E-state index is 12.0. The molecule has 0 bridgehead atoms. The van der Waals surface area contributed by atoms with Crippen molar-refractivity contribution in [2.45, 2.75) is 6.92 Å². The summed E-state index contributed by atoms with van der Waals surface area (Å²) in [4.78, 5) is 26.2. The smallest absolute Gasteiger partial charge is 0.395 e. The number of nitro groups is 1. The van der Waals surface area contributed by atoms with Crippen LogP contribution >= 0.6 is 0 Å². The number of hydrogen-bond acceptors (Lipinski definition) is 6. The van der Waals surface area contributed by atoms with Gasteiger partial charge in [0.15, 0.2) is 0 Å². The lowest BCUT2D eigenvalue weighted by Crippen LogP contribution is -2.29. The van der Waals surface area contributed by atoms with Gasteiger partial charge in [0.25, 0.3) is 0 Å². The van der Waals surface area contributed by atoms with Gasteiger partial charge in [0.1, 0.15) is 4.92 Å². The van der Waals surface area contributed by atoms with Crippen molar-refractivity contribution in [1.29, 1.82) is 0 Å². The van der Waals surface area contributed by atoms with Crippen LogP contribution in [-0.2, 0) is 0 Å². The molecule has 3 rings (SSSR count). The summed E-state index contributed by atoms with van der Waals surface area (Å²) in [6.07, 6.45) is 0. The summed E-state index contributed by atoms with van der Waals surface area (Å²) in [6, 6.07) is 11.6. The molecule has 8 heteroatoms. The minimum atomic E-state index is -0.704.